The summed E-state index contributed by atoms with van der Waals surface area (Å²) in [4.78, 5) is 11.6. The van der Waals surface area contributed by atoms with E-state index in [1.807, 2.05) is 31.2 Å². The summed E-state index contributed by atoms with van der Waals surface area (Å²) in [5.41, 5.74) is 3.08. The Kier molecular flexibility index (Phi) is 3.98. The van der Waals surface area contributed by atoms with Gasteiger partial charge in [-0.1, -0.05) is 34.1 Å². The highest BCUT2D eigenvalue weighted by Crippen LogP contribution is 2.28. The van der Waals surface area contributed by atoms with Crippen LogP contribution in [0.3, 0.4) is 0 Å². The minimum Gasteiger partial charge on any atom is -0.338 e. The number of hydrogen-bond donors (Lipinski definition) is 1. The van der Waals surface area contributed by atoms with E-state index >= 15 is 0 Å². The monoisotopic (exact) mass is 332 g/mol. The highest BCUT2D eigenvalue weighted by Gasteiger charge is 2.15. The van der Waals surface area contributed by atoms with E-state index in [-0.39, 0.29) is 0 Å². The fourth-order valence-corrected chi connectivity index (χ4v) is 2.85. The second-order valence-electron chi connectivity index (χ2n) is 4.91. The number of nitrogens with one attached hydrogen (secondary N) is 1. The molecule has 2 aromatic rings. The van der Waals surface area contributed by atoms with E-state index in [1.54, 1.807) is 0 Å². The Morgan fingerprint density at radius 1 is 1.15 bits per heavy atom. The van der Waals surface area contributed by atoms with Crippen molar-refractivity contribution in [3.8, 4) is 11.3 Å². The molecule has 1 aliphatic rings. The Labute approximate surface area is 127 Å². The molecule has 1 aromatic carbocycles. The van der Waals surface area contributed by atoms with Crippen LogP contribution in [0.4, 0.5) is 5.95 Å². The van der Waals surface area contributed by atoms with Crippen LogP contribution in [-0.4, -0.2) is 36.1 Å². The fourth-order valence-electron chi connectivity index (χ4n) is 2.37. The molecule has 1 saturated heterocycles. The summed E-state index contributed by atoms with van der Waals surface area (Å²) < 4.78 is 1.06. The van der Waals surface area contributed by atoms with E-state index in [0.717, 1.165) is 53.6 Å². The van der Waals surface area contributed by atoms with Crippen LogP contribution in [0.1, 0.15) is 5.69 Å². The van der Waals surface area contributed by atoms with E-state index in [2.05, 4.69) is 37.2 Å². The Morgan fingerprint density at radius 2 is 1.90 bits per heavy atom. The predicted octanol–water partition coefficient (Wildman–Crippen LogP) is 2.62. The van der Waals surface area contributed by atoms with Crippen LogP contribution in [0.2, 0.25) is 0 Å². The number of piperazine rings is 1. The lowest BCUT2D eigenvalue weighted by Crippen LogP contribution is -2.44. The average Bonchev–Trinajstić information content (AvgIpc) is 2.48. The highest BCUT2D eigenvalue weighted by molar-refractivity contribution is 9.10. The minimum atomic E-state index is 0.831. The van der Waals surface area contributed by atoms with Crippen LogP contribution < -0.4 is 10.2 Å². The van der Waals surface area contributed by atoms with Crippen molar-refractivity contribution in [3.63, 3.8) is 0 Å². The molecular weight excluding hydrogens is 316 g/mol. The number of rotatable bonds is 2. The molecule has 104 valence electrons. The van der Waals surface area contributed by atoms with Gasteiger partial charge in [0, 0.05) is 41.9 Å². The lowest BCUT2D eigenvalue weighted by atomic mass is 10.1. The largest absolute Gasteiger partial charge is 0.338 e. The van der Waals surface area contributed by atoms with Gasteiger partial charge in [-0.3, -0.25) is 0 Å². The van der Waals surface area contributed by atoms with E-state index in [1.165, 1.54) is 0 Å². The van der Waals surface area contributed by atoms with Crippen molar-refractivity contribution in [1.29, 1.82) is 0 Å². The molecule has 1 aromatic heterocycles. The first kappa shape index (κ1) is 13.5. The molecule has 20 heavy (non-hydrogen) atoms. The van der Waals surface area contributed by atoms with E-state index in [0.29, 0.717) is 0 Å². The van der Waals surface area contributed by atoms with Crippen LogP contribution in [0, 0.1) is 6.92 Å². The van der Waals surface area contributed by atoms with Gasteiger partial charge in [-0.05, 0) is 19.1 Å². The Morgan fingerprint density at radius 3 is 2.65 bits per heavy atom. The normalized spacial score (nSPS) is 15.4. The maximum Gasteiger partial charge on any atom is 0.226 e. The van der Waals surface area contributed by atoms with E-state index in [4.69, 9.17) is 4.98 Å². The third-order valence-electron chi connectivity index (χ3n) is 3.39. The summed E-state index contributed by atoms with van der Waals surface area (Å²) in [6, 6.07) is 10.2. The molecular formula is C15H17BrN4. The lowest BCUT2D eigenvalue weighted by Gasteiger charge is -2.27. The topological polar surface area (TPSA) is 41.1 Å². The minimum absolute atomic E-state index is 0.831. The molecule has 0 atom stereocenters. The molecule has 3 rings (SSSR count). The molecule has 0 aliphatic carbocycles. The third-order valence-corrected chi connectivity index (χ3v) is 4.08. The van der Waals surface area contributed by atoms with Gasteiger partial charge < -0.3 is 10.2 Å². The van der Waals surface area contributed by atoms with Gasteiger partial charge in [0.05, 0.1) is 5.69 Å². The van der Waals surface area contributed by atoms with Gasteiger partial charge in [-0.25, -0.2) is 9.97 Å². The summed E-state index contributed by atoms with van der Waals surface area (Å²) in [6.07, 6.45) is 0. The number of benzene rings is 1. The van der Waals surface area contributed by atoms with Crippen molar-refractivity contribution in [2.24, 2.45) is 0 Å². The van der Waals surface area contributed by atoms with Gasteiger partial charge in [0.25, 0.3) is 0 Å². The van der Waals surface area contributed by atoms with Crippen molar-refractivity contribution in [1.82, 2.24) is 15.3 Å². The number of aryl methyl sites for hydroxylation is 1. The van der Waals surface area contributed by atoms with Crippen molar-refractivity contribution in [3.05, 3.63) is 40.5 Å². The van der Waals surface area contributed by atoms with Gasteiger partial charge in [-0.15, -0.1) is 0 Å². The first-order valence-electron chi connectivity index (χ1n) is 6.80. The summed E-state index contributed by atoms with van der Waals surface area (Å²) in [6.45, 7) is 5.91. The summed E-state index contributed by atoms with van der Waals surface area (Å²) >= 11 is 3.59. The van der Waals surface area contributed by atoms with Gasteiger partial charge in [0.2, 0.25) is 5.95 Å². The number of halogens is 1. The summed E-state index contributed by atoms with van der Waals surface area (Å²) in [7, 11) is 0. The van der Waals surface area contributed by atoms with E-state index in [9.17, 15) is 0 Å². The standard InChI is InChI=1S/C15H17BrN4/c1-11-10-14(12-4-2-3-5-13(12)16)19-15(18-11)20-8-6-17-7-9-20/h2-5,10,17H,6-9H2,1H3. The molecule has 0 radical (unpaired) electrons. The maximum atomic E-state index is 4.75. The molecule has 1 fully saturated rings. The molecule has 0 amide bonds. The van der Waals surface area contributed by atoms with Crippen molar-refractivity contribution in [2.45, 2.75) is 6.92 Å². The second-order valence-corrected chi connectivity index (χ2v) is 5.77. The number of hydrogen-bond acceptors (Lipinski definition) is 4. The fraction of sp³-hybridized carbons (Fsp3) is 0.333. The molecule has 0 spiro atoms. The molecule has 4 nitrogen and oxygen atoms in total. The molecule has 0 bridgehead atoms. The summed E-state index contributed by atoms with van der Waals surface area (Å²) in [5.74, 6) is 0.831. The molecule has 1 aliphatic heterocycles. The summed E-state index contributed by atoms with van der Waals surface area (Å²) in [5, 5.41) is 3.35. The van der Waals surface area contributed by atoms with Crippen LogP contribution in [0.5, 0.6) is 0 Å². The molecule has 0 saturated carbocycles. The molecule has 2 heterocycles. The zero-order valence-corrected chi connectivity index (χ0v) is 13.0. The van der Waals surface area contributed by atoms with Crippen LogP contribution in [0.25, 0.3) is 11.3 Å². The van der Waals surface area contributed by atoms with Gasteiger partial charge >= 0.3 is 0 Å². The Bertz CT molecular complexity index is 609. The first-order valence-corrected chi connectivity index (χ1v) is 7.59. The molecule has 0 unspecified atom stereocenters. The molecule has 5 heteroatoms. The molecule has 1 N–H and O–H groups in total. The smallest absolute Gasteiger partial charge is 0.226 e. The highest BCUT2D eigenvalue weighted by atomic mass is 79.9. The number of aromatic nitrogens is 2. The number of nitrogens with zero attached hydrogens (tertiary/aromatic N) is 3. The van der Waals surface area contributed by atoms with Crippen LogP contribution in [-0.2, 0) is 0 Å². The number of anilines is 1. The first-order chi connectivity index (χ1) is 9.74. The predicted molar refractivity (Wildman–Crippen MR) is 85.0 cm³/mol. The third kappa shape index (κ3) is 2.83. The zero-order valence-electron chi connectivity index (χ0n) is 11.4. The quantitative estimate of drug-likeness (QED) is 0.917. The van der Waals surface area contributed by atoms with Crippen molar-refractivity contribution in [2.75, 3.05) is 31.1 Å². The Hall–Kier alpha value is -1.46. The maximum absolute atomic E-state index is 4.75. The van der Waals surface area contributed by atoms with E-state index < -0.39 is 0 Å². The SMILES string of the molecule is Cc1cc(-c2ccccc2Br)nc(N2CCNCC2)n1. The average molecular weight is 333 g/mol. The lowest BCUT2D eigenvalue weighted by molar-refractivity contribution is 0.579. The van der Waals surface area contributed by atoms with Gasteiger partial charge in [0.1, 0.15) is 0 Å². The van der Waals surface area contributed by atoms with Crippen LogP contribution in [0.15, 0.2) is 34.8 Å². The van der Waals surface area contributed by atoms with Crippen molar-refractivity contribution >= 4 is 21.9 Å². The second kappa shape index (κ2) is 5.89. The Balaban J connectivity index is 2.00. The van der Waals surface area contributed by atoms with Crippen molar-refractivity contribution < 1.29 is 0 Å². The van der Waals surface area contributed by atoms with Gasteiger partial charge in [0.15, 0.2) is 0 Å². The zero-order chi connectivity index (χ0) is 13.9. The van der Waals surface area contributed by atoms with Gasteiger partial charge in [-0.2, -0.15) is 0 Å². The van der Waals surface area contributed by atoms with Crippen LogP contribution >= 0.6 is 15.9 Å².